The Morgan fingerprint density at radius 2 is 0.944 bits per heavy atom. The first-order valence-corrected chi connectivity index (χ1v) is 18.7. The van der Waals surface area contributed by atoms with Gasteiger partial charge in [0.25, 0.3) is 0 Å². The third kappa shape index (κ3) is 5.60. The average Bonchev–Trinajstić information content (AvgIpc) is 3.64. The summed E-state index contributed by atoms with van der Waals surface area (Å²) in [5.74, 6) is 1.27. The smallest absolute Gasteiger partial charge is 0.142 e. The Morgan fingerprint density at radius 1 is 0.407 bits per heavy atom. The van der Waals surface area contributed by atoms with E-state index in [2.05, 4.69) is 211 Å². The molecule has 0 fully saturated rings. The number of benzene rings is 8. The summed E-state index contributed by atoms with van der Waals surface area (Å²) in [4.78, 5) is 2.32. The highest BCUT2D eigenvalue weighted by atomic mass is 16.3. The first kappa shape index (κ1) is 31.8. The quantitative estimate of drug-likeness (QED) is 0.165. The van der Waals surface area contributed by atoms with E-state index in [9.17, 15) is 0 Å². The van der Waals surface area contributed by atoms with Crippen molar-refractivity contribution in [2.45, 2.75) is 12.3 Å². The molecule has 0 saturated carbocycles. The summed E-state index contributed by atoms with van der Waals surface area (Å²) < 4.78 is 6.89. The van der Waals surface area contributed by atoms with Crippen LogP contribution in [-0.2, 0) is 0 Å². The van der Waals surface area contributed by atoms with Crippen LogP contribution in [0.25, 0.3) is 61.2 Å². The third-order valence-corrected chi connectivity index (χ3v) is 10.9. The second-order valence-corrected chi connectivity index (χ2v) is 14.0. The van der Waals surface area contributed by atoms with Crippen LogP contribution in [0.15, 0.2) is 205 Å². The van der Waals surface area contributed by atoms with Crippen LogP contribution in [0, 0.1) is 0 Å². The maximum absolute atomic E-state index is 6.89. The Hall–Kier alpha value is -6.90. The summed E-state index contributed by atoms with van der Waals surface area (Å²) in [5, 5.41) is 3.59. The van der Waals surface area contributed by atoms with Gasteiger partial charge in [-0.1, -0.05) is 170 Å². The lowest BCUT2D eigenvalue weighted by Gasteiger charge is -2.26. The van der Waals surface area contributed by atoms with Crippen molar-refractivity contribution < 1.29 is 4.42 Å². The number of rotatable bonds is 7. The van der Waals surface area contributed by atoms with Crippen LogP contribution in [0.1, 0.15) is 29.2 Å². The van der Waals surface area contributed by atoms with E-state index in [0.29, 0.717) is 0 Å². The van der Waals surface area contributed by atoms with E-state index in [-0.39, 0.29) is 5.92 Å². The lowest BCUT2D eigenvalue weighted by Crippen LogP contribution is -2.09. The van der Waals surface area contributed by atoms with Crippen molar-refractivity contribution in [1.29, 1.82) is 0 Å². The number of fused-ring (bicyclic) bond motifs is 4. The second kappa shape index (κ2) is 13.6. The number of furan rings is 1. The zero-order chi connectivity index (χ0) is 35.8. The van der Waals surface area contributed by atoms with E-state index in [1.165, 1.54) is 55.1 Å². The van der Waals surface area contributed by atoms with Crippen LogP contribution in [0.2, 0.25) is 0 Å². The van der Waals surface area contributed by atoms with Gasteiger partial charge < -0.3 is 9.32 Å². The highest BCUT2D eigenvalue weighted by Gasteiger charge is 2.26. The van der Waals surface area contributed by atoms with Gasteiger partial charge in [0, 0.05) is 39.5 Å². The Kier molecular flexibility index (Phi) is 8.00. The lowest BCUT2D eigenvalue weighted by molar-refractivity contribution is 0.517. The molecule has 0 saturated heterocycles. The standard InChI is InChI=1S/C52H37NO/c1-4-14-36(15-5-1)37-26-30-41(31-27-37)53(40-18-8-3-9-19-40)42-32-28-39(29-33-42)43-34-35-47(46-21-11-10-20-45(43)46)48-23-13-25-50-49-24-12-22-44(51(49)54-52(48)50)38-16-6-2-7-17-38/h1-21,23-35,44H,22H2. The normalized spacial score (nSPS) is 13.6. The molecule has 0 bridgehead atoms. The SMILES string of the molecule is C1=Cc2c(oc3c(-c4ccc(-c5ccc(N(c6ccccc6)c6ccc(-c7ccccc7)cc6)cc5)c5ccccc45)cccc23)C(c2ccccc2)C1. The van der Waals surface area contributed by atoms with E-state index in [1.807, 2.05) is 0 Å². The molecule has 1 aliphatic carbocycles. The van der Waals surface area contributed by atoms with Gasteiger partial charge in [0.15, 0.2) is 0 Å². The van der Waals surface area contributed by atoms with Gasteiger partial charge in [0.1, 0.15) is 11.3 Å². The zero-order valence-electron chi connectivity index (χ0n) is 29.8. The molecule has 1 aromatic heterocycles. The predicted molar refractivity (Wildman–Crippen MR) is 227 cm³/mol. The van der Waals surface area contributed by atoms with Crippen molar-refractivity contribution >= 4 is 44.9 Å². The van der Waals surface area contributed by atoms with Crippen molar-refractivity contribution in [2.24, 2.45) is 0 Å². The summed E-state index contributed by atoms with van der Waals surface area (Å²) in [6, 6.07) is 69.6. The van der Waals surface area contributed by atoms with Crippen LogP contribution in [0.5, 0.6) is 0 Å². The highest BCUT2D eigenvalue weighted by molar-refractivity contribution is 6.09. The Bertz CT molecular complexity index is 2760. The summed E-state index contributed by atoms with van der Waals surface area (Å²) in [6.45, 7) is 0. The molecular formula is C52H37NO. The molecule has 1 unspecified atom stereocenters. The highest BCUT2D eigenvalue weighted by Crippen LogP contribution is 2.45. The minimum atomic E-state index is 0.208. The van der Waals surface area contributed by atoms with Crippen LogP contribution >= 0.6 is 0 Å². The van der Waals surface area contributed by atoms with Gasteiger partial charge in [-0.15, -0.1) is 0 Å². The fraction of sp³-hybridized carbons (Fsp3) is 0.0385. The molecule has 0 N–H and O–H groups in total. The molecule has 0 amide bonds. The number of hydrogen-bond donors (Lipinski definition) is 0. The fourth-order valence-corrected chi connectivity index (χ4v) is 8.23. The van der Waals surface area contributed by atoms with Crippen LogP contribution in [-0.4, -0.2) is 0 Å². The predicted octanol–water partition coefficient (Wildman–Crippen LogP) is 14.6. The minimum absolute atomic E-state index is 0.208. The molecular weight excluding hydrogens is 655 g/mol. The molecule has 1 aliphatic rings. The lowest BCUT2D eigenvalue weighted by atomic mass is 9.86. The second-order valence-electron chi connectivity index (χ2n) is 14.0. The largest absolute Gasteiger partial charge is 0.459 e. The van der Waals surface area contributed by atoms with Gasteiger partial charge in [-0.25, -0.2) is 0 Å². The van der Waals surface area contributed by atoms with Gasteiger partial charge in [-0.3, -0.25) is 0 Å². The number of nitrogens with zero attached hydrogens (tertiary/aromatic N) is 1. The molecule has 1 heterocycles. The summed E-state index contributed by atoms with van der Waals surface area (Å²) in [7, 11) is 0. The topological polar surface area (TPSA) is 16.4 Å². The maximum atomic E-state index is 6.89. The molecule has 0 spiro atoms. The van der Waals surface area contributed by atoms with Crippen molar-refractivity contribution in [3.8, 4) is 33.4 Å². The van der Waals surface area contributed by atoms with Crippen LogP contribution < -0.4 is 4.90 Å². The Morgan fingerprint density at radius 3 is 1.65 bits per heavy atom. The van der Waals surface area contributed by atoms with Crippen LogP contribution in [0.3, 0.4) is 0 Å². The minimum Gasteiger partial charge on any atom is -0.459 e. The number of para-hydroxylation sites is 2. The van der Waals surface area contributed by atoms with E-state index < -0.39 is 0 Å². The van der Waals surface area contributed by atoms with E-state index in [0.717, 1.165) is 40.4 Å². The molecule has 9 aromatic rings. The van der Waals surface area contributed by atoms with Gasteiger partial charge in [-0.2, -0.15) is 0 Å². The molecule has 256 valence electrons. The Labute approximate surface area is 315 Å². The molecule has 0 radical (unpaired) electrons. The first-order valence-electron chi connectivity index (χ1n) is 18.7. The molecule has 10 rings (SSSR count). The fourth-order valence-electron chi connectivity index (χ4n) is 8.23. The Balaban J connectivity index is 1.03. The van der Waals surface area contributed by atoms with E-state index in [4.69, 9.17) is 4.42 Å². The molecule has 0 aliphatic heterocycles. The molecule has 2 heteroatoms. The van der Waals surface area contributed by atoms with Gasteiger partial charge in [0.2, 0.25) is 0 Å². The summed E-state index contributed by atoms with van der Waals surface area (Å²) in [5.41, 5.74) is 13.9. The van der Waals surface area contributed by atoms with Crippen molar-refractivity contribution in [2.75, 3.05) is 4.90 Å². The number of anilines is 3. The molecule has 54 heavy (non-hydrogen) atoms. The van der Waals surface area contributed by atoms with Gasteiger partial charge >= 0.3 is 0 Å². The molecule has 1 atom stereocenters. The van der Waals surface area contributed by atoms with E-state index >= 15 is 0 Å². The monoisotopic (exact) mass is 691 g/mol. The summed E-state index contributed by atoms with van der Waals surface area (Å²) >= 11 is 0. The number of allylic oxidation sites excluding steroid dienone is 1. The zero-order valence-corrected chi connectivity index (χ0v) is 29.8. The van der Waals surface area contributed by atoms with Gasteiger partial charge in [0.05, 0.1) is 0 Å². The first-order chi connectivity index (χ1) is 26.8. The van der Waals surface area contributed by atoms with Gasteiger partial charge in [-0.05, 0) is 87.0 Å². The van der Waals surface area contributed by atoms with Crippen LogP contribution in [0.4, 0.5) is 17.1 Å². The number of hydrogen-bond acceptors (Lipinski definition) is 2. The van der Waals surface area contributed by atoms with Crippen molar-refractivity contribution in [1.82, 2.24) is 0 Å². The average molecular weight is 692 g/mol. The van der Waals surface area contributed by atoms with Crippen molar-refractivity contribution in [3.63, 3.8) is 0 Å². The molecule has 8 aromatic carbocycles. The maximum Gasteiger partial charge on any atom is 0.142 e. The van der Waals surface area contributed by atoms with Crippen molar-refractivity contribution in [3.05, 3.63) is 217 Å². The third-order valence-electron chi connectivity index (χ3n) is 10.9. The van der Waals surface area contributed by atoms with E-state index in [1.54, 1.807) is 0 Å². The summed E-state index contributed by atoms with van der Waals surface area (Å²) in [6.07, 6.45) is 5.47. The molecule has 2 nitrogen and oxygen atoms in total.